The van der Waals surface area contributed by atoms with Gasteiger partial charge in [0.15, 0.2) is 17.3 Å². The molecule has 100 valence electrons. The van der Waals surface area contributed by atoms with E-state index in [1.54, 1.807) is 26.4 Å². The smallest absolute Gasteiger partial charge is 0.230 e. The maximum absolute atomic E-state index is 11.8. The largest absolute Gasteiger partial charge is 0.493 e. The number of rotatable bonds is 5. The average molecular weight is 262 g/mol. The summed E-state index contributed by atoms with van der Waals surface area (Å²) in [5.74, 6) is 1.43. The van der Waals surface area contributed by atoms with Gasteiger partial charge in [0.1, 0.15) is 0 Å². The molecule has 1 aromatic carbocycles. The summed E-state index contributed by atoms with van der Waals surface area (Å²) >= 11 is 0. The van der Waals surface area contributed by atoms with Gasteiger partial charge in [-0.25, -0.2) is 0 Å². The fraction of sp³-hybridized carbons (Fsp3) is 0.250. The number of hydrogen-bond acceptors (Lipinski definition) is 5. The van der Waals surface area contributed by atoms with E-state index in [0.717, 1.165) is 5.56 Å². The van der Waals surface area contributed by atoms with Crippen LogP contribution in [0.5, 0.6) is 11.5 Å². The minimum absolute atomic E-state index is 0.180. The summed E-state index contributed by atoms with van der Waals surface area (Å²) in [6.07, 6.45) is 1.65. The van der Waals surface area contributed by atoms with Gasteiger partial charge in [0.25, 0.3) is 0 Å². The molecular formula is C12H14N4O3. The van der Waals surface area contributed by atoms with E-state index in [1.807, 2.05) is 6.07 Å². The van der Waals surface area contributed by atoms with Crippen molar-refractivity contribution in [2.24, 2.45) is 0 Å². The number of carbonyl (C=O) groups is 1. The fourth-order valence-electron chi connectivity index (χ4n) is 1.62. The number of nitrogens with one attached hydrogen (secondary N) is 2. The highest BCUT2D eigenvalue weighted by atomic mass is 16.5. The lowest BCUT2D eigenvalue weighted by Gasteiger charge is -2.09. The first-order valence-electron chi connectivity index (χ1n) is 5.59. The van der Waals surface area contributed by atoms with E-state index in [9.17, 15) is 4.79 Å². The first-order valence-corrected chi connectivity index (χ1v) is 5.59. The number of methoxy groups -OCH3 is 2. The zero-order valence-electron chi connectivity index (χ0n) is 10.6. The summed E-state index contributed by atoms with van der Waals surface area (Å²) in [6.45, 7) is 0. The number of H-pyrrole nitrogens is 1. The van der Waals surface area contributed by atoms with Crippen molar-refractivity contribution in [3.8, 4) is 11.5 Å². The van der Waals surface area contributed by atoms with Gasteiger partial charge in [-0.1, -0.05) is 6.07 Å². The van der Waals surface area contributed by atoms with Crippen molar-refractivity contribution in [1.82, 2.24) is 15.4 Å². The Hall–Kier alpha value is -2.57. The summed E-state index contributed by atoms with van der Waals surface area (Å²) in [7, 11) is 3.12. The standard InChI is InChI=1S/C12H14N4O3/c1-18-9-4-3-8(5-10(9)19-2)6-12(17)14-11-7-13-16-15-11/h3-5,7H,6H2,1-2H3,(H2,13,14,15,16,17). The molecule has 0 fully saturated rings. The highest BCUT2D eigenvalue weighted by Crippen LogP contribution is 2.27. The summed E-state index contributed by atoms with van der Waals surface area (Å²) in [5, 5.41) is 12.4. The van der Waals surface area contributed by atoms with Crippen LogP contribution in [0.25, 0.3) is 0 Å². The van der Waals surface area contributed by atoms with Crippen LogP contribution in [0.3, 0.4) is 0 Å². The monoisotopic (exact) mass is 262 g/mol. The Morgan fingerprint density at radius 3 is 2.74 bits per heavy atom. The van der Waals surface area contributed by atoms with Crippen molar-refractivity contribution >= 4 is 11.7 Å². The molecule has 0 radical (unpaired) electrons. The van der Waals surface area contributed by atoms with Crippen LogP contribution in [-0.4, -0.2) is 35.5 Å². The third kappa shape index (κ3) is 3.21. The van der Waals surface area contributed by atoms with Gasteiger partial charge in [-0.05, 0) is 17.7 Å². The molecule has 0 aliphatic heterocycles. The molecule has 0 aliphatic carbocycles. The Morgan fingerprint density at radius 1 is 1.32 bits per heavy atom. The number of benzene rings is 1. The Bertz CT molecular complexity index is 554. The maximum atomic E-state index is 11.8. The van der Waals surface area contributed by atoms with Crippen LogP contribution in [0, 0.1) is 0 Å². The van der Waals surface area contributed by atoms with Gasteiger partial charge in [-0.3, -0.25) is 4.79 Å². The van der Waals surface area contributed by atoms with E-state index in [-0.39, 0.29) is 12.3 Å². The predicted octanol–water partition coefficient (Wildman–Crippen LogP) is 1.00. The summed E-state index contributed by atoms with van der Waals surface area (Å²) in [4.78, 5) is 11.8. The molecule has 0 atom stereocenters. The van der Waals surface area contributed by atoms with Gasteiger partial charge in [0.05, 0.1) is 26.8 Å². The van der Waals surface area contributed by atoms with Crippen molar-refractivity contribution in [2.75, 3.05) is 19.5 Å². The molecule has 0 spiro atoms. The quantitative estimate of drug-likeness (QED) is 0.839. The fourth-order valence-corrected chi connectivity index (χ4v) is 1.62. The second-order valence-corrected chi connectivity index (χ2v) is 3.77. The van der Waals surface area contributed by atoms with Crippen LogP contribution in [0.2, 0.25) is 0 Å². The SMILES string of the molecule is COc1ccc(CC(=O)Nc2cn[nH]n2)cc1OC. The molecule has 1 heterocycles. The third-order valence-corrected chi connectivity index (χ3v) is 2.50. The molecular weight excluding hydrogens is 248 g/mol. The lowest BCUT2D eigenvalue weighted by atomic mass is 10.1. The molecule has 2 rings (SSSR count). The maximum Gasteiger partial charge on any atom is 0.230 e. The number of aromatic amines is 1. The molecule has 7 nitrogen and oxygen atoms in total. The second kappa shape index (κ2) is 5.85. The van der Waals surface area contributed by atoms with Crippen molar-refractivity contribution in [3.63, 3.8) is 0 Å². The van der Waals surface area contributed by atoms with Gasteiger partial charge in [0, 0.05) is 0 Å². The molecule has 1 amide bonds. The number of hydrogen-bond donors (Lipinski definition) is 2. The Kier molecular flexibility index (Phi) is 3.97. The van der Waals surface area contributed by atoms with Crippen molar-refractivity contribution < 1.29 is 14.3 Å². The van der Waals surface area contributed by atoms with Crippen LogP contribution < -0.4 is 14.8 Å². The van der Waals surface area contributed by atoms with Gasteiger partial charge in [-0.2, -0.15) is 10.3 Å². The van der Waals surface area contributed by atoms with E-state index in [1.165, 1.54) is 6.20 Å². The topological polar surface area (TPSA) is 89.1 Å². The van der Waals surface area contributed by atoms with Crippen LogP contribution in [0.4, 0.5) is 5.82 Å². The summed E-state index contributed by atoms with van der Waals surface area (Å²) in [5.41, 5.74) is 0.818. The minimum atomic E-state index is -0.180. The number of carbonyl (C=O) groups excluding carboxylic acids is 1. The van der Waals surface area contributed by atoms with Crippen LogP contribution in [0.15, 0.2) is 24.4 Å². The molecule has 7 heteroatoms. The highest BCUT2D eigenvalue weighted by molar-refractivity contribution is 5.91. The molecule has 1 aromatic heterocycles. The van der Waals surface area contributed by atoms with Gasteiger partial charge in [-0.15, -0.1) is 5.10 Å². The molecule has 0 saturated carbocycles. The van der Waals surface area contributed by atoms with Crippen molar-refractivity contribution in [1.29, 1.82) is 0 Å². The Balaban J connectivity index is 2.04. The zero-order chi connectivity index (χ0) is 13.7. The first-order chi connectivity index (χ1) is 9.22. The molecule has 0 bridgehead atoms. The number of aromatic nitrogens is 3. The first kappa shape index (κ1) is 12.9. The molecule has 0 saturated heterocycles. The van der Waals surface area contributed by atoms with Gasteiger partial charge < -0.3 is 14.8 Å². The van der Waals surface area contributed by atoms with E-state index in [4.69, 9.17) is 9.47 Å². The zero-order valence-corrected chi connectivity index (χ0v) is 10.6. The Morgan fingerprint density at radius 2 is 2.11 bits per heavy atom. The molecule has 2 aromatic rings. The molecule has 0 unspecified atom stereocenters. The van der Waals surface area contributed by atoms with Crippen LogP contribution in [0.1, 0.15) is 5.56 Å². The molecule has 19 heavy (non-hydrogen) atoms. The molecule has 0 aliphatic rings. The second-order valence-electron chi connectivity index (χ2n) is 3.77. The number of amides is 1. The van der Waals surface area contributed by atoms with E-state index < -0.39 is 0 Å². The summed E-state index contributed by atoms with van der Waals surface area (Å²) in [6, 6.07) is 5.34. The number of nitrogens with zero attached hydrogens (tertiary/aromatic N) is 2. The lowest BCUT2D eigenvalue weighted by molar-refractivity contribution is -0.115. The number of ether oxygens (including phenoxy) is 2. The van der Waals surface area contributed by atoms with E-state index in [0.29, 0.717) is 17.3 Å². The molecule has 2 N–H and O–H groups in total. The minimum Gasteiger partial charge on any atom is -0.493 e. The highest BCUT2D eigenvalue weighted by Gasteiger charge is 2.09. The van der Waals surface area contributed by atoms with Crippen molar-refractivity contribution in [2.45, 2.75) is 6.42 Å². The normalized spacial score (nSPS) is 10.0. The van der Waals surface area contributed by atoms with E-state index in [2.05, 4.69) is 20.7 Å². The summed E-state index contributed by atoms with van der Waals surface area (Å²) < 4.78 is 10.3. The van der Waals surface area contributed by atoms with Crippen molar-refractivity contribution in [3.05, 3.63) is 30.0 Å². The predicted molar refractivity (Wildman–Crippen MR) is 68.3 cm³/mol. The average Bonchev–Trinajstić information content (AvgIpc) is 2.91. The van der Waals surface area contributed by atoms with Crippen LogP contribution >= 0.6 is 0 Å². The van der Waals surface area contributed by atoms with Gasteiger partial charge in [0.2, 0.25) is 5.91 Å². The van der Waals surface area contributed by atoms with Gasteiger partial charge >= 0.3 is 0 Å². The Labute approximate surface area is 109 Å². The van der Waals surface area contributed by atoms with E-state index >= 15 is 0 Å². The third-order valence-electron chi connectivity index (χ3n) is 2.50. The number of anilines is 1. The lowest BCUT2D eigenvalue weighted by Crippen LogP contribution is -2.14. The van der Waals surface area contributed by atoms with Crippen LogP contribution in [-0.2, 0) is 11.2 Å².